The van der Waals surface area contributed by atoms with Crippen LogP contribution in [0.25, 0.3) is 0 Å². The second kappa shape index (κ2) is 23.1. The fourth-order valence-corrected chi connectivity index (χ4v) is 0.523. The lowest BCUT2D eigenvalue weighted by Gasteiger charge is -2.12. The summed E-state index contributed by atoms with van der Waals surface area (Å²) in [5.74, 6) is 0. The molecule has 0 radical (unpaired) electrons. The zero-order valence-corrected chi connectivity index (χ0v) is 11.4. The van der Waals surface area contributed by atoms with Crippen LogP contribution < -0.4 is 0 Å². The zero-order chi connectivity index (χ0) is 11.8. The Hall–Kier alpha value is -0.0800. The molecule has 0 rings (SSSR count). The molecule has 0 spiro atoms. The first-order valence-electron chi connectivity index (χ1n) is 5.99. The van der Waals surface area contributed by atoms with Crippen molar-refractivity contribution in [2.24, 2.45) is 0 Å². The van der Waals surface area contributed by atoms with Crippen molar-refractivity contribution in [2.45, 2.75) is 48.0 Å². The van der Waals surface area contributed by atoms with Crippen molar-refractivity contribution in [1.82, 2.24) is 4.90 Å². The van der Waals surface area contributed by atoms with E-state index in [1.54, 1.807) is 0 Å². The molecule has 0 N–H and O–H groups in total. The van der Waals surface area contributed by atoms with Gasteiger partial charge in [-0.1, -0.05) is 41.0 Å². The number of ether oxygens (including phenoxy) is 1. The third kappa shape index (κ3) is 29.7. The van der Waals surface area contributed by atoms with Gasteiger partial charge in [-0.05, 0) is 20.5 Å². The van der Waals surface area contributed by atoms with E-state index in [0.717, 1.165) is 26.3 Å². The predicted octanol–water partition coefficient (Wildman–Crippen LogP) is 3.42. The van der Waals surface area contributed by atoms with Gasteiger partial charge in [-0.15, -0.1) is 0 Å². The second-order valence-electron chi connectivity index (χ2n) is 2.80. The molecule has 14 heavy (non-hydrogen) atoms. The van der Waals surface area contributed by atoms with Gasteiger partial charge in [0.15, 0.2) is 0 Å². The summed E-state index contributed by atoms with van der Waals surface area (Å²) in [6, 6.07) is 0. The topological polar surface area (TPSA) is 12.5 Å². The molecule has 0 heterocycles. The molecule has 2 heteroatoms. The maximum Gasteiger partial charge on any atom is 0.0593 e. The lowest BCUT2D eigenvalue weighted by molar-refractivity contribution is 0.124. The fourth-order valence-electron chi connectivity index (χ4n) is 0.523. The number of likely N-dealkylation sites (N-methyl/N-ethyl adjacent to an activating group) is 1. The van der Waals surface area contributed by atoms with Gasteiger partial charge in [0.2, 0.25) is 0 Å². The van der Waals surface area contributed by atoms with Crippen LogP contribution in [0.2, 0.25) is 0 Å². The van der Waals surface area contributed by atoms with E-state index in [1.165, 1.54) is 6.42 Å². The van der Waals surface area contributed by atoms with Crippen LogP contribution in [-0.4, -0.2) is 38.3 Å². The minimum Gasteiger partial charge on any atom is -0.380 e. The van der Waals surface area contributed by atoms with E-state index in [0.29, 0.717) is 0 Å². The minimum atomic E-state index is 0.831. The Morgan fingerprint density at radius 2 is 1.43 bits per heavy atom. The molecule has 0 fully saturated rings. The summed E-state index contributed by atoms with van der Waals surface area (Å²) in [6.07, 6.45) is 1.25. The van der Waals surface area contributed by atoms with Crippen LogP contribution in [0.5, 0.6) is 0 Å². The maximum atomic E-state index is 5.16. The third-order valence-corrected chi connectivity index (χ3v) is 1.36. The molecular formula is C12H31NO. The van der Waals surface area contributed by atoms with Crippen LogP contribution >= 0.6 is 0 Å². The van der Waals surface area contributed by atoms with Crippen molar-refractivity contribution in [1.29, 1.82) is 0 Å². The number of rotatable bonds is 5. The molecule has 0 atom stereocenters. The number of hydrogen-bond donors (Lipinski definition) is 0. The van der Waals surface area contributed by atoms with Crippen molar-refractivity contribution in [3.8, 4) is 0 Å². The monoisotopic (exact) mass is 205 g/mol. The summed E-state index contributed by atoms with van der Waals surface area (Å²) < 4.78 is 5.16. The van der Waals surface area contributed by atoms with E-state index < -0.39 is 0 Å². The first kappa shape index (κ1) is 19.5. The summed E-state index contributed by atoms with van der Waals surface area (Å²) in [5, 5.41) is 0. The zero-order valence-electron chi connectivity index (χ0n) is 11.4. The lowest BCUT2D eigenvalue weighted by Crippen LogP contribution is -2.22. The molecular weight excluding hydrogens is 174 g/mol. The summed E-state index contributed by atoms with van der Waals surface area (Å²) in [7, 11) is 2.10. The molecule has 0 aliphatic carbocycles. The Morgan fingerprint density at radius 1 is 1.00 bits per heavy atom. The Balaban J connectivity index is -0.000000205. The highest BCUT2D eigenvalue weighted by Crippen LogP contribution is 1.80. The molecule has 0 bridgehead atoms. The average molecular weight is 205 g/mol. The standard InChI is InChI=1S/C7H17NO.C3H8.C2H6/c1-4-8(3)6-7-9-5-2;1-3-2;1-2/h4-7H2,1-3H3;3H2,1-2H3;1-2H3. The summed E-state index contributed by atoms with van der Waals surface area (Å²) in [5.41, 5.74) is 0. The fraction of sp³-hybridized carbons (Fsp3) is 1.00. The first-order chi connectivity index (χ1) is 6.72. The number of nitrogens with zero attached hydrogens (tertiary/aromatic N) is 1. The SMILES string of the molecule is CC.CCC.CCOCCN(C)CC. The van der Waals surface area contributed by atoms with Gasteiger partial charge in [0.05, 0.1) is 6.61 Å². The molecule has 2 nitrogen and oxygen atoms in total. The van der Waals surface area contributed by atoms with Gasteiger partial charge in [-0.2, -0.15) is 0 Å². The Kier molecular flexibility index (Phi) is 32.1. The van der Waals surface area contributed by atoms with Crippen LogP contribution in [0, 0.1) is 0 Å². The van der Waals surface area contributed by atoms with Gasteiger partial charge in [0.25, 0.3) is 0 Å². The van der Waals surface area contributed by atoms with E-state index in [4.69, 9.17) is 4.74 Å². The van der Waals surface area contributed by atoms with Crippen LogP contribution in [0.15, 0.2) is 0 Å². The van der Waals surface area contributed by atoms with Crippen LogP contribution in [0.3, 0.4) is 0 Å². The van der Waals surface area contributed by atoms with Crippen molar-refractivity contribution in [3.63, 3.8) is 0 Å². The predicted molar refractivity (Wildman–Crippen MR) is 67.0 cm³/mol. The highest BCUT2D eigenvalue weighted by Gasteiger charge is 1.90. The maximum absolute atomic E-state index is 5.16. The van der Waals surface area contributed by atoms with Gasteiger partial charge in [-0.25, -0.2) is 0 Å². The van der Waals surface area contributed by atoms with Crippen LogP contribution in [-0.2, 0) is 4.74 Å². The highest BCUT2D eigenvalue weighted by molar-refractivity contribution is 4.43. The largest absolute Gasteiger partial charge is 0.380 e. The van der Waals surface area contributed by atoms with Gasteiger partial charge in [-0.3, -0.25) is 0 Å². The van der Waals surface area contributed by atoms with Crippen LogP contribution in [0.1, 0.15) is 48.0 Å². The van der Waals surface area contributed by atoms with Gasteiger partial charge in [0, 0.05) is 13.2 Å². The molecule has 0 saturated heterocycles. The molecule has 0 aromatic rings. The molecule has 0 aromatic heterocycles. The van der Waals surface area contributed by atoms with E-state index in [-0.39, 0.29) is 0 Å². The van der Waals surface area contributed by atoms with E-state index in [2.05, 4.69) is 32.7 Å². The highest BCUT2D eigenvalue weighted by atomic mass is 16.5. The molecule has 0 unspecified atom stereocenters. The molecule has 0 aliphatic heterocycles. The average Bonchev–Trinajstić information content (AvgIpc) is 2.22. The van der Waals surface area contributed by atoms with Gasteiger partial charge in [0.1, 0.15) is 0 Å². The summed E-state index contributed by atoms with van der Waals surface area (Å²) >= 11 is 0. The van der Waals surface area contributed by atoms with Crippen molar-refractivity contribution >= 4 is 0 Å². The quantitative estimate of drug-likeness (QED) is 0.638. The van der Waals surface area contributed by atoms with Crippen molar-refractivity contribution < 1.29 is 4.74 Å². The molecule has 0 saturated carbocycles. The smallest absolute Gasteiger partial charge is 0.0593 e. The van der Waals surface area contributed by atoms with Crippen LogP contribution in [0.4, 0.5) is 0 Å². The molecule has 0 aromatic carbocycles. The minimum absolute atomic E-state index is 0.831. The van der Waals surface area contributed by atoms with E-state index in [9.17, 15) is 0 Å². The molecule has 0 aliphatic rings. The lowest BCUT2D eigenvalue weighted by atomic mass is 10.5. The molecule has 0 amide bonds. The number of hydrogen-bond acceptors (Lipinski definition) is 2. The van der Waals surface area contributed by atoms with Gasteiger partial charge >= 0.3 is 0 Å². The van der Waals surface area contributed by atoms with Crippen molar-refractivity contribution in [3.05, 3.63) is 0 Å². The summed E-state index contributed by atoms with van der Waals surface area (Å²) in [4.78, 5) is 2.23. The Labute approximate surface area is 91.6 Å². The van der Waals surface area contributed by atoms with E-state index in [1.807, 2.05) is 20.8 Å². The Bertz CT molecular complexity index is 67.3. The Morgan fingerprint density at radius 3 is 1.71 bits per heavy atom. The summed E-state index contributed by atoms with van der Waals surface area (Å²) in [6.45, 7) is 16.3. The van der Waals surface area contributed by atoms with Gasteiger partial charge < -0.3 is 9.64 Å². The second-order valence-corrected chi connectivity index (χ2v) is 2.80. The normalized spacial score (nSPS) is 8.57. The third-order valence-electron chi connectivity index (χ3n) is 1.36. The van der Waals surface area contributed by atoms with E-state index >= 15 is 0 Å². The van der Waals surface area contributed by atoms with Crippen molar-refractivity contribution in [2.75, 3.05) is 33.4 Å². The first-order valence-corrected chi connectivity index (χ1v) is 5.99. The molecule has 90 valence electrons.